The topological polar surface area (TPSA) is 121 Å². The third kappa shape index (κ3) is 3.68. The van der Waals surface area contributed by atoms with E-state index < -0.39 is 10.8 Å². The van der Waals surface area contributed by atoms with Crippen molar-refractivity contribution in [3.8, 4) is 17.2 Å². The normalized spacial score (nSPS) is 10.3. The monoisotopic (exact) mass is 369 g/mol. The fraction of sp³-hybridized carbons (Fsp3) is 0.118. The highest BCUT2D eigenvalue weighted by molar-refractivity contribution is 6.05. The van der Waals surface area contributed by atoms with Gasteiger partial charge in [-0.1, -0.05) is 0 Å². The summed E-state index contributed by atoms with van der Waals surface area (Å²) in [6.45, 7) is 0. The summed E-state index contributed by atoms with van der Waals surface area (Å²) in [5, 5.41) is 18.0. The van der Waals surface area contributed by atoms with Crippen molar-refractivity contribution in [3.63, 3.8) is 0 Å². The molecule has 0 aliphatic rings. The van der Waals surface area contributed by atoms with E-state index >= 15 is 0 Å². The highest BCUT2D eigenvalue weighted by Crippen LogP contribution is 2.30. The van der Waals surface area contributed by atoms with E-state index in [-0.39, 0.29) is 16.9 Å². The number of carbonyl (C=O) groups excluding carboxylic acids is 1. The Hall–Kier alpha value is -3.95. The highest BCUT2D eigenvalue weighted by Gasteiger charge is 2.20. The molecule has 27 heavy (non-hydrogen) atoms. The van der Waals surface area contributed by atoms with Crippen LogP contribution in [0.3, 0.4) is 0 Å². The van der Waals surface area contributed by atoms with Gasteiger partial charge in [0, 0.05) is 17.7 Å². The molecular weight excluding hydrogens is 354 g/mol. The van der Waals surface area contributed by atoms with Crippen LogP contribution in [0, 0.1) is 10.1 Å². The average molecular weight is 369 g/mol. The molecule has 0 saturated carbocycles. The largest absolute Gasteiger partial charge is 0.497 e. The first-order valence-corrected chi connectivity index (χ1v) is 7.70. The van der Waals surface area contributed by atoms with Gasteiger partial charge in [-0.05, 0) is 24.3 Å². The molecular formula is C17H15N5O5. The maximum atomic E-state index is 12.6. The second kappa shape index (κ2) is 7.52. The number of nitrogens with zero attached hydrogens (tertiary/aromatic N) is 4. The Morgan fingerprint density at radius 3 is 2.63 bits per heavy atom. The number of benzene rings is 2. The van der Waals surface area contributed by atoms with Crippen LogP contribution < -0.4 is 14.8 Å². The lowest BCUT2D eigenvalue weighted by molar-refractivity contribution is -0.384. The zero-order valence-corrected chi connectivity index (χ0v) is 14.4. The molecule has 0 aliphatic heterocycles. The van der Waals surface area contributed by atoms with Gasteiger partial charge in [0.1, 0.15) is 29.8 Å². The number of hydrogen-bond donors (Lipinski definition) is 1. The second-order valence-electron chi connectivity index (χ2n) is 5.32. The molecule has 1 N–H and O–H groups in total. The predicted octanol–water partition coefficient (Wildman–Crippen LogP) is 2.45. The number of aromatic nitrogens is 3. The lowest BCUT2D eigenvalue weighted by Crippen LogP contribution is -2.13. The first kappa shape index (κ1) is 17.9. The summed E-state index contributed by atoms with van der Waals surface area (Å²) in [6.07, 6.45) is 2.60. The van der Waals surface area contributed by atoms with Gasteiger partial charge in [0.05, 0.1) is 24.8 Å². The lowest BCUT2D eigenvalue weighted by Gasteiger charge is -2.12. The number of rotatable bonds is 6. The van der Waals surface area contributed by atoms with Crippen LogP contribution in [0.25, 0.3) is 5.69 Å². The van der Waals surface area contributed by atoms with Crippen LogP contribution in [-0.2, 0) is 0 Å². The lowest BCUT2D eigenvalue weighted by atomic mass is 10.1. The zero-order valence-electron chi connectivity index (χ0n) is 14.4. The molecule has 0 aliphatic carbocycles. The van der Waals surface area contributed by atoms with Crippen LogP contribution in [0.5, 0.6) is 11.5 Å². The van der Waals surface area contributed by atoms with Crippen molar-refractivity contribution in [1.82, 2.24) is 14.8 Å². The first-order chi connectivity index (χ1) is 13.0. The van der Waals surface area contributed by atoms with Gasteiger partial charge in [-0.25, -0.2) is 9.67 Å². The summed E-state index contributed by atoms with van der Waals surface area (Å²) in [5.41, 5.74) is 0.416. The molecule has 10 nitrogen and oxygen atoms in total. The van der Waals surface area contributed by atoms with E-state index in [0.29, 0.717) is 17.2 Å². The number of nitro groups is 1. The van der Waals surface area contributed by atoms with E-state index in [1.54, 1.807) is 18.2 Å². The van der Waals surface area contributed by atoms with E-state index in [9.17, 15) is 14.9 Å². The molecule has 0 spiro atoms. The smallest absolute Gasteiger partial charge is 0.295 e. The molecule has 1 heterocycles. The molecule has 0 bridgehead atoms. The van der Waals surface area contributed by atoms with Gasteiger partial charge in [0.2, 0.25) is 0 Å². The quantitative estimate of drug-likeness (QED) is 0.523. The third-order valence-electron chi connectivity index (χ3n) is 3.75. The van der Waals surface area contributed by atoms with Gasteiger partial charge in [-0.15, -0.1) is 0 Å². The molecule has 0 fully saturated rings. The SMILES string of the molecule is COc1ccc(OC)c(NC(=O)c2ccc(-n3cncn3)c([N+](=O)[O-])c2)c1. The summed E-state index contributed by atoms with van der Waals surface area (Å²) in [6, 6.07) is 9.00. The van der Waals surface area contributed by atoms with Gasteiger partial charge in [-0.2, -0.15) is 5.10 Å². The number of nitrogens with one attached hydrogen (secondary N) is 1. The Morgan fingerprint density at radius 2 is 2.00 bits per heavy atom. The molecule has 10 heteroatoms. The fourth-order valence-electron chi connectivity index (χ4n) is 2.44. The number of ether oxygens (including phenoxy) is 2. The number of amides is 1. The van der Waals surface area contributed by atoms with Crippen molar-refractivity contribution in [2.45, 2.75) is 0 Å². The van der Waals surface area contributed by atoms with Crippen molar-refractivity contribution in [2.24, 2.45) is 0 Å². The highest BCUT2D eigenvalue weighted by atomic mass is 16.6. The number of methoxy groups -OCH3 is 2. The molecule has 3 rings (SSSR count). The summed E-state index contributed by atoms with van der Waals surface area (Å²) in [4.78, 5) is 27.2. The van der Waals surface area contributed by atoms with Crippen LogP contribution in [-0.4, -0.2) is 39.8 Å². The summed E-state index contributed by atoms with van der Waals surface area (Å²) >= 11 is 0. The van der Waals surface area contributed by atoms with Gasteiger partial charge >= 0.3 is 0 Å². The minimum atomic E-state index is -0.583. The van der Waals surface area contributed by atoms with E-state index in [1.807, 2.05) is 0 Å². The molecule has 0 unspecified atom stereocenters. The average Bonchev–Trinajstić information content (AvgIpc) is 3.22. The van der Waals surface area contributed by atoms with E-state index in [4.69, 9.17) is 9.47 Å². The summed E-state index contributed by atoms with van der Waals surface area (Å²) < 4.78 is 11.6. The molecule has 1 aromatic heterocycles. The van der Waals surface area contributed by atoms with Crippen molar-refractivity contribution in [3.05, 3.63) is 64.7 Å². The van der Waals surface area contributed by atoms with Crippen LogP contribution >= 0.6 is 0 Å². The number of anilines is 1. The van der Waals surface area contributed by atoms with Crippen LogP contribution in [0.15, 0.2) is 49.1 Å². The van der Waals surface area contributed by atoms with Crippen molar-refractivity contribution in [2.75, 3.05) is 19.5 Å². The Morgan fingerprint density at radius 1 is 1.19 bits per heavy atom. The Balaban J connectivity index is 1.94. The summed E-state index contributed by atoms with van der Waals surface area (Å²) in [5.74, 6) is 0.422. The maximum absolute atomic E-state index is 12.6. The molecule has 0 atom stereocenters. The number of carbonyl (C=O) groups is 1. The zero-order chi connectivity index (χ0) is 19.4. The van der Waals surface area contributed by atoms with E-state index in [1.165, 1.54) is 49.8 Å². The van der Waals surface area contributed by atoms with Gasteiger partial charge < -0.3 is 14.8 Å². The van der Waals surface area contributed by atoms with Crippen LogP contribution in [0.4, 0.5) is 11.4 Å². The van der Waals surface area contributed by atoms with Crippen molar-refractivity contribution < 1.29 is 19.2 Å². The van der Waals surface area contributed by atoms with Gasteiger partial charge in [-0.3, -0.25) is 14.9 Å². The molecule has 0 radical (unpaired) electrons. The van der Waals surface area contributed by atoms with Crippen molar-refractivity contribution >= 4 is 17.3 Å². The van der Waals surface area contributed by atoms with E-state index in [0.717, 1.165) is 0 Å². The third-order valence-corrected chi connectivity index (χ3v) is 3.75. The van der Waals surface area contributed by atoms with Gasteiger partial charge in [0.25, 0.3) is 11.6 Å². The molecule has 0 saturated heterocycles. The number of hydrogen-bond acceptors (Lipinski definition) is 7. The Bertz CT molecular complexity index is 987. The standard InChI is InChI=1S/C17H15N5O5/c1-26-12-4-6-16(27-2)13(8-12)20-17(23)11-3-5-14(15(7-11)22(24)25)21-10-18-9-19-21/h3-10H,1-2H3,(H,20,23). The van der Waals surface area contributed by atoms with Gasteiger partial charge in [0.15, 0.2) is 0 Å². The molecule has 1 amide bonds. The predicted molar refractivity (Wildman–Crippen MR) is 95.5 cm³/mol. The van der Waals surface area contributed by atoms with Crippen LogP contribution in [0.2, 0.25) is 0 Å². The molecule has 2 aromatic carbocycles. The second-order valence-corrected chi connectivity index (χ2v) is 5.32. The Labute approximate surface area is 153 Å². The fourth-order valence-corrected chi connectivity index (χ4v) is 2.44. The van der Waals surface area contributed by atoms with Crippen molar-refractivity contribution in [1.29, 1.82) is 0 Å². The molecule has 138 valence electrons. The Kier molecular flexibility index (Phi) is 4.97. The maximum Gasteiger partial charge on any atom is 0.295 e. The number of nitro benzene ring substituents is 1. The first-order valence-electron chi connectivity index (χ1n) is 7.70. The van der Waals surface area contributed by atoms with E-state index in [2.05, 4.69) is 15.4 Å². The van der Waals surface area contributed by atoms with Crippen LogP contribution in [0.1, 0.15) is 10.4 Å². The minimum Gasteiger partial charge on any atom is -0.497 e. The molecule has 3 aromatic rings. The minimum absolute atomic E-state index is 0.107. The summed E-state index contributed by atoms with van der Waals surface area (Å²) in [7, 11) is 2.97.